The number of hydrogen-bond donors (Lipinski definition) is 2. The van der Waals surface area contributed by atoms with Crippen LogP contribution in [0.25, 0.3) is 11.3 Å². The van der Waals surface area contributed by atoms with Crippen molar-refractivity contribution in [2.45, 2.75) is 6.42 Å². The molecule has 0 saturated heterocycles. The molecule has 3 rings (SSSR count). The predicted octanol–water partition coefficient (Wildman–Crippen LogP) is 3.44. The molecule has 0 radical (unpaired) electrons. The largest absolute Gasteiger partial charge is 0.496 e. The lowest BCUT2D eigenvalue weighted by Crippen LogP contribution is -1.97. The van der Waals surface area contributed by atoms with Gasteiger partial charge in [0, 0.05) is 22.7 Å². The quantitative estimate of drug-likeness (QED) is 0.833. The molecular weight excluding hydrogens is 282 g/mol. The molecule has 6 heteroatoms. The van der Waals surface area contributed by atoms with Gasteiger partial charge in [-0.15, -0.1) is 0 Å². The van der Waals surface area contributed by atoms with Gasteiger partial charge < -0.3 is 15.0 Å². The molecule has 2 heterocycles. The second-order valence-electron chi connectivity index (χ2n) is 4.27. The third-order valence-electron chi connectivity index (χ3n) is 3.13. The Kier molecular flexibility index (Phi) is 3.16. The number of benzene rings is 1. The maximum absolute atomic E-state index is 6.09. The Morgan fingerprint density at radius 3 is 3.05 bits per heavy atom. The first kappa shape index (κ1) is 12.4. The smallest absolute Gasteiger partial charge is 0.199 e. The van der Waals surface area contributed by atoms with E-state index in [9.17, 15) is 0 Å². The average Bonchev–Trinajstić information content (AvgIpc) is 2.85. The molecule has 98 valence electrons. The fourth-order valence-corrected chi connectivity index (χ4v) is 2.66. The number of nitrogens with one attached hydrogen (secondary N) is 2. The van der Waals surface area contributed by atoms with Crippen molar-refractivity contribution in [1.29, 1.82) is 0 Å². The minimum absolute atomic E-state index is 0.449. The highest BCUT2D eigenvalue weighted by molar-refractivity contribution is 7.71. The van der Waals surface area contributed by atoms with E-state index < -0.39 is 0 Å². The Hall–Kier alpha value is -1.59. The van der Waals surface area contributed by atoms with Crippen LogP contribution in [0.5, 0.6) is 5.75 Å². The minimum Gasteiger partial charge on any atom is -0.496 e. The molecular formula is C13H12ClN3OS. The molecule has 0 atom stereocenters. The summed E-state index contributed by atoms with van der Waals surface area (Å²) in [6, 6.07) is 5.53. The van der Waals surface area contributed by atoms with Gasteiger partial charge in [-0.2, -0.15) is 0 Å². The van der Waals surface area contributed by atoms with Crippen molar-refractivity contribution in [3.63, 3.8) is 0 Å². The van der Waals surface area contributed by atoms with E-state index in [2.05, 4.69) is 15.3 Å². The third-order valence-corrected chi connectivity index (χ3v) is 3.56. The number of ether oxygens (including phenoxy) is 1. The van der Waals surface area contributed by atoms with Gasteiger partial charge >= 0.3 is 0 Å². The number of hydrogen-bond acceptors (Lipinski definition) is 4. The molecule has 19 heavy (non-hydrogen) atoms. The summed E-state index contributed by atoms with van der Waals surface area (Å²) in [5.41, 5.74) is 2.96. The molecule has 0 amide bonds. The van der Waals surface area contributed by atoms with E-state index in [-0.39, 0.29) is 0 Å². The monoisotopic (exact) mass is 293 g/mol. The van der Waals surface area contributed by atoms with E-state index in [1.165, 1.54) is 0 Å². The number of halogens is 1. The SMILES string of the molecule is COc1ccc(Cl)cc1-c1[nH]c(=S)nc2c1CCN2. The Balaban J connectivity index is 2.28. The normalized spacial score (nSPS) is 12.9. The molecule has 2 N–H and O–H groups in total. The van der Waals surface area contributed by atoms with E-state index in [0.29, 0.717) is 9.79 Å². The van der Waals surface area contributed by atoms with Crippen molar-refractivity contribution >= 4 is 29.6 Å². The molecule has 0 unspecified atom stereocenters. The summed E-state index contributed by atoms with van der Waals surface area (Å²) in [5.74, 6) is 1.61. The van der Waals surface area contributed by atoms with Gasteiger partial charge in [-0.05, 0) is 36.8 Å². The Labute approximate surface area is 120 Å². The highest BCUT2D eigenvalue weighted by Gasteiger charge is 2.20. The third kappa shape index (κ3) is 2.19. The van der Waals surface area contributed by atoms with Crippen molar-refractivity contribution in [1.82, 2.24) is 9.97 Å². The van der Waals surface area contributed by atoms with Gasteiger partial charge in [0.15, 0.2) is 4.77 Å². The molecule has 0 fully saturated rings. The summed E-state index contributed by atoms with van der Waals surface area (Å²) in [6.07, 6.45) is 0.902. The highest BCUT2D eigenvalue weighted by atomic mass is 35.5. The predicted molar refractivity (Wildman–Crippen MR) is 78.6 cm³/mol. The Morgan fingerprint density at radius 1 is 1.42 bits per heavy atom. The number of anilines is 1. The summed E-state index contributed by atoms with van der Waals surface area (Å²) >= 11 is 11.3. The Bertz CT molecular complexity index is 699. The van der Waals surface area contributed by atoms with E-state index >= 15 is 0 Å². The van der Waals surface area contributed by atoms with Crippen molar-refractivity contribution in [3.8, 4) is 17.0 Å². The summed E-state index contributed by atoms with van der Waals surface area (Å²) in [5, 5.41) is 3.89. The minimum atomic E-state index is 0.449. The number of methoxy groups -OCH3 is 1. The Morgan fingerprint density at radius 2 is 2.26 bits per heavy atom. The van der Waals surface area contributed by atoms with Crippen LogP contribution in [0.15, 0.2) is 18.2 Å². The van der Waals surface area contributed by atoms with Crippen LogP contribution in [0.2, 0.25) is 5.02 Å². The zero-order valence-electron chi connectivity index (χ0n) is 10.3. The number of fused-ring (bicyclic) bond motifs is 1. The summed E-state index contributed by atoms with van der Waals surface area (Å²) in [6.45, 7) is 0.866. The maximum atomic E-state index is 6.09. The summed E-state index contributed by atoms with van der Waals surface area (Å²) in [4.78, 5) is 7.44. The van der Waals surface area contributed by atoms with Crippen LogP contribution >= 0.6 is 23.8 Å². The van der Waals surface area contributed by atoms with Gasteiger partial charge in [-0.1, -0.05) is 11.6 Å². The molecule has 0 aliphatic carbocycles. The van der Waals surface area contributed by atoms with E-state index in [0.717, 1.165) is 41.4 Å². The maximum Gasteiger partial charge on any atom is 0.199 e. The molecule has 2 aromatic rings. The second kappa shape index (κ2) is 4.83. The fourth-order valence-electron chi connectivity index (χ4n) is 2.30. The molecule has 1 aliphatic heterocycles. The number of rotatable bonds is 2. The lowest BCUT2D eigenvalue weighted by Gasteiger charge is -2.12. The van der Waals surface area contributed by atoms with Gasteiger partial charge in [0.2, 0.25) is 0 Å². The first-order valence-electron chi connectivity index (χ1n) is 5.90. The van der Waals surface area contributed by atoms with Crippen molar-refractivity contribution in [2.75, 3.05) is 19.0 Å². The summed E-state index contributed by atoms with van der Waals surface area (Å²) in [7, 11) is 1.64. The van der Waals surface area contributed by atoms with Crippen LogP contribution in [-0.2, 0) is 6.42 Å². The van der Waals surface area contributed by atoms with Crippen molar-refractivity contribution in [3.05, 3.63) is 33.6 Å². The molecule has 0 saturated carbocycles. The van der Waals surface area contributed by atoms with Crippen LogP contribution in [-0.4, -0.2) is 23.6 Å². The molecule has 1 aromatic carbocycles. The lowest BCUT2D eigenvalue weighted by atomic mass is 10.0. The van der Waals surface area contributed by atoms with E-state index in [1.54, 1.807) is 13.2 Å². The summed E-state index contributed by atoms with van der Waals surface area (Å²) < 4.78 is 5.85. The first-order valence-corrected chi connectivity index (χ1v) is 6.68. The van der Waals surface area contributed by atoms with Crippen LogP contribution in [0.4, 0.5) is 5.82 Å². The van der Waals surface area contributed by atoms with Crippen molar-refractivity contribution < 1.29 is 4.74 Å². The van der Waals surface area contributed by atoms with E-state index in [4.69, 9.17) is 28.6 Å². The topological polar surface area (TPSA) is 49.9 Å². The second-order valence-corrected chi connectivity index (χ2v) is 5.09. The molecule has 0 bridgehead atoms. The molecule has 4 nitrogen and oxygen atoms in total. The van der Waals surface area contributed by atoms with Crippen molar-refractivity contribution in [2.24, 2.45) is 0 Å². The molecule has 1 aromatic heterocycles. The highest BCUT2D eigenvalue weighted by Crippen LogP contribution is 2.36. The fraction of sp³-hybridized carbons (Fsp3) is 0.231. The number of nitrogens with zero attached hydrogens (tertiary/aromatic N) is 1. The van der Waals surface area contributed by atoms with Crippen LogP contribution in [0, 0.1) is 4.77 Å². The van der Waals surface area contributed by atoms with Gasteiger partial charge in [-0.25, -0.2) is 4.98 Å². The molecule has 0 spiro atoms. The van der Waals surface area contributed by atoms with Gasteiger partial charge in [0.1, 0.15) is 11.6 Å². The van der Waals surface area contributed by atoms with E-state index in [1.807, 2.05) is 12.1 Å². The standard InChI is InChI=1S/C13H12ClN3OS/c1-18-10-3-2-7(14)6-9(10)11-8-4-5-15-12(8)17-13(19)16-11/h2-3,6H,4-5H2,1H3,(H2,15,16,17,19). The number of H-pyrrole nitrogens is 1. The molecule has 1 aliphatic rings. The van der Waals surface area contributed by atoms with Gasteiger partial charge in [0.25, 0.3) is 0 Å². The average molecular weight is 294 g/mol. The lowest BCUT2D eigenvalue weighted by molar-refractivity contribution is 0.416. The number of aromatic amines is 1. The van der Waals surface area contributed by atoms with Gasteiger partial charge in [-0.3, -0.25) is 0 Å². The van der Waals surface area contributed by atoms with Crippen LogP contribution in [0.3, 0.4) is 0 Å². The van der Waals surface area contributed by atoms with Gasteiger partial charge in [0.05, 0.1) is 12.8 Å². The van der Waals surface area contributed by atoms with Crippen LogP contribution < -0.4 is 10.1 Å². The van der Waals surface area contributed by atoms with Crippen LogP contribution in [0.1, 0.15) is 5.56 Å². The number of aromatic nitrogens is 2. The zero-order chi connectivity index (χ0) is 13.4. The zero-order valence-corrected chi connectivity index (χ0v) is 11.9. The first-order chi connectivity index (χ1) is 9.19.